The summed E-state index contributed by atoms with van der Waals surface area (Å²) < 4.78 is 0. The second-order valence-electron chi connectivity index (χ2n) is 4.68. The summed E-state index contributed by atoms with van der Waals surface area (Å²) in [7, 11) is 0. The fourth-order valence-electron chi connectivity index (χ4n) is 2.14. The van der Waals surface area contributed by atoms with Crippen molar-refractivity contribution < 1.29 is 4.92 Å². The molecule has 0 amide bonds. The van der Waals surface area contributed by atoms with Gasteiger partial charge in [-0.1, -0.05) is 40.2 Å². The number of nitrogens with one attached hydrogen (secondary N) is 1. The first-order valence-corrected chi connectivity index (χ1v) is 7.35. The quantitative estimate of drug-likeness (QED) is 0.441. The molecule has 1 heterocycles. The highest BCUT2D eigenvalue weighted by Gasteiger charge is 2.17. The number of non-ortho nitro benzene ring substituents is 1. The summed E-state index contributed by atoms with van der Waals surface area (Å²) in [6.07, 6.45) is 0. The smallest absolute Gasteiger partial charge is 0.271 e. The molecule has 3 aromatic rings. The van der Waals surface area contributed by atoms with Crippen LogP contribution < -0.4 is 5.56 Å². The minimum atomic E-state index is -0.464. The Balaban J connectivity index is 2.04. The number of para-hydroxylation sites is 2. The summed E-state index contributed by atoms with van der Waals surface area (Å²) in [4.78, 5) is 29.1. The average Bonchev–Trinajstić information content (AvgIpc) is 2.53. The molecular weight excluding hydrogens is 350 g/mol. The monoisotopic (exact) mass is 359 g/mol. The summed E-state index contributed by atoms with van der Waals surface area (Å²) in [5, 5.41) is 10.7. The predicted octanol–water partition coefficient (Wildman–Crippen LogP) is 3.32. The number of halogens is 1. The molecule has 6 nitrogen and oxygen atoms in total. The van der Waals surface area contributed by atoms with E-state index in [1.807, 2.05) is 18.2 Å². The summed E-state index contributed by atoms with van der Waals surface area (Å²) in [5.74, 6) is 0. The Bertz CT molecular complexity index is 906. The molecule has 0 aliphatic heterocycles. The molecule has 0 saturated heterocycles. The molecule has 0 aliphatic rings. The van der Waals surface area contributed by atoms with Crippen LogP contribution in [0.4, 0.5) is 5.69 Å². The Morgan fingerprint density at radius 3 is 2.50 bits per heavy atom. The summed E-state index contributed by atoms with van der Waals surface area (Å²) in [6, 6.07) is 13.3. The normalized spacial score (nSPS) is 12.2. The minimum Gasteiger partial charge on any atom is -0.319 e. The van der Waals surface area contributed by atoms with Crippen molar-refractivity contribution in [3.63, 3.8) is 0 Å². The van der Waals surface area contributed by atoms with E-state index < -0.39 is 9.75 Å². The number of benzene rings is 2. The third kappa shape index (κ3) is 2.62. The van der Waals surface area contributed by atoms with Crippen molar-refractivity contribution in [3.8, 4) is 0 Å². The summed E-state index contributed by atoms with van der Waals surface area (Å²) in [5.41, 5.74) is 2.09. The Kier molecular flexibility index (Phi) is 3.72. The van der Waals surface area contributed by atoms with Gasteiger partial charge < -0.3 is 4.98 Å². The van der Waals surface area contributed by atoms with E-state index in [1.165, 1.54) is 12.1 Å². The van der Waals surface area contributed by atoms with Gasteiger partial charge in [-0.3, -0.25) is 14.9 Å². The molecule has 2 aromatic carbocycles. The van der Waals surface area contributed by atoms with Crippen molar-refractivity contribution in [2.75, 3.05) is 0 Å². The molecule has 0 saturated carbocycles. The van der Waals surface area contributed by atoms with Crippen molar-refractivity contribution in [2.45, 2.75) is 4.83 Å². The van der Waals surface area contributed by atoms with E-state index in [0.717, 1.165) is 5.56 Å². The first kappa shape index (κ1) is 14.4. The van der Waals surface area contributed by atoms with Gasteiger partial charge in [-0.25, -0.2) is 4.98 Å². The number of rotatable bonds is 3. The second kappa shape index (κ2) is 5.69. The van der Waals surface area contributed by atoms with Crippen LogP contribution in [0.5, 0.6) is 0 Å². The third-order valence-electron chi connectivity index (χ3n) is 3.26. The van der Waals surface area contributed by atoms with Crippen LogP contribution in [0, 0.1) is 10.1 Å². The fraction of sp³-hybridized carbons (Fsp3) is 0.0667. The standard InChI is InChI=1S/C15H10BrN3O3/c16-13(9-5-7-10(8-6-9)19(21)22)14-15(20)18-12-4-2-1-3-11(12)17-14/h1-8,13H,(H,18,20). The van der Waals surface area contributed by atoms with Crippen molar-refractivity contribution in [1.82, 2.24) is 9.97 Å². The zero-order chi connectivity index (χ0) is 15.7. The molecule has 0 spiro atoms. The molecule has 7 heteroatoms. The number of alkyl halides is 1. The second-order valence-corrected chi connectivity index (χ2v) is 5.60. The number of hydrogen-bond donors (Lipinski definition) is 1. The number of nitro groups is 1. The van der Waals surface area contributed by atoms with E-state index in [2.05, 4.69) is 25.9 Å². The van der Waals surface area contributed by atoms with Gasteiger partial charge in [0.1, 0.15) is 5.69 Å². The van der Waals surface area contributed by atoms with Crippen LogP contribution in [0.1, 0.15) is 16.1 Å². The van der Waals surface area contributed by atoms with Crippen LogP contribution in [0.2, 0.25) is 0 Å². The van der Waals surface area contributed by atoms with Crippen molar-refractivity contribution in [1.29, 1.82) is 0 Å². The lowest BCUT2D eigenvalue weighted by Crippen LogP contribution is -2.17. The van der Waals surface area contributed by atoms with Gasteiger partial charge in [0.05, 0.1) is 20.8 Å². The van der Waals surface area contributed by atoms with E-state index in [0.29, 0.717) is 16.7 Å². The zero-order valence-corrected chi connectivity index (χ0v) is 12.8. The maximum Gasteiger partial charge on any atom is 0.271 e. The molecule has 1 unspecified atom stereocenters. The Morgan fingerprint density at radius 2 is 1.82 bits per heavy atom. The Labute approximate surface area is 133 Å². The van der Waals surface area contributed by atoms with Crippen LogP contribution in [0.15, 0.2) is 53.3 Å². The van der Waals surface area contributed by atoms with Gasteiger partial charge in [-0.2, -0.15) is 0 Å². The van der Waals surface area contributed by atoms with Crippen LogP contribution in [0.3, 0.4) is 0 Å². The average molecular weight is 360 g/mol. The van der Waals surface area contributed by atoms with Gasteiger partial charge in [-0.05, 0) is 17.7 Å². The minimum absolute atomic E-state index is 0.00355. The number of nitro benzene ring substituents is 1. The number of aromatic nitrogens is 2. The number of fused-ring (bicyclic) bond motifs is 1. The van der Waals surface area contributed by atoms with Crippen LogP contribution in [-0.2, 0) is 0 Å². The molecule has 0 fully saturated rings. The SMILES string of the molecule is O=c1[nH]c2ccccc2nc1C(Br)c1ccc([N+](=O)[O-])cc1. The molecule has 0 aliphatic carbocycles. The maximum absolute atomic E-state index is 12.2. The summed E-state index contributed by atoms with van der Waals surface area (Å²) >= 11 is 3.44. The topological polar surface area (TPSA) is 88.9 Å². The zero-order valence-electron chi connectivity index (χ0n) is 11.2. The van der Waals surface area contributed by atoms with Gasteiger partial charge in [-0.15, -0.1) is 0 Å². The highest BCUT2D eigenvalue weighted by molar-refractivity contribution is 9.09. The lowest BCUT2D eigenvalue weighted by molar-refractivity contribution is -0.384. The number of aromatic amines is 1. The third-order valence-corrected chi connectivity index (χ3v) is 4.22. The van der Waals surface area contributed by atoms with Gasteiger partial charge >= 0.3 is 0 Å². The first-order valence-electron chi connectivity index (χ1n) is 6.43. The lowest BCUT2D eigenvalue weighted by atomic mass is 10.1. The molecular formula is C15H10BrN3O3. The fourth-order valence-corrected chi connectivity index (χ4v) is 2.75. The Hall–Kier alpha value is -2.54. The molecule has 1 N–H and O–H groups in total. The first-order chi connectivity index (χ1) is 10.6. The van der Waals surface area contributed by atoms with Gasteiger partial charge in [0.2, 0.25) is 0 Å². The van der Waals surface area contributed by atoms with Crippen LogP contribution in [-0.4, -0.2) is 14.9 Å². The molecule has 0 bridgehead atoms. The van der Waals surface area contributed by atoms with Crippen LogP contribution >= 0.6 is 15.9 Å². The molecule has 1 aromatic heterocycles. The molecule has 110 valence electrons. The van der Waals surface area contributed by atoms with E-state index in [9.17, 15) is 14.9 Å². The molecule has 3 rings (SSSR count). The van der Waals surface area contributed by atoms with Crippen molar-refractivity contribution >= 4 is 32.7 Å². The number of hydrogen-bond acceptors (Lipinski definition) is 4. The summed E-state index contributed by atoms with van der Waals surface area (Å²) in [6.45, 7) is 0. The number of H-pyrrole nitrogens is 1. The van der Waals surface area contributed by atoms with E-state index in [1.54, 1.807) is 18.2 Å². The van der Waals surface area contributed by atoms with E-state index in [-0.39, 0.29) is 11.2 Å². The maximum atomic E-state index is 12.2. The largest absolute Gasteiger partial charge is 0.319 e. The van der Waals surface area contributed by atoms with Crippen molar-refractivity contribution in [2.24, 2.45) is 0 Å². The highest BCUT2D eigenvalue weighted by Crippen LogP contribution is 2.29. The van der Waals surface area contributed by atoms with E-state index in [4.69, 9.17) is 0 Å². The van der Waals surface area contributed by atoms with Gasteiger partial charge in [0, 0.05) is 12.1 Å². The lowest BCUT2D eigenvalue weighted by Gasteiger charge is -2.09. The Morgan fingerprint density at radius 1 is 1.14 bits per heavy atom. The predicted molar refractivity (Wildman–Crippen MR) is 86.2 cm³/mol. The molecule has 1 atom stereocenters. The molecule has 22 heavy (non-hydrogen) atoms. The molecule has 0 radical (unpaired) electrons. The van der Waals surface area contributed by atoms with Gasteiger partial charge in [0.25, 0.3) is 11.2 Å². The number of nitrogens with zero attached hydrogens (tertiary/aromatic N) is 2. The highest BCUT2D eigenvalue weighted by atomic mass is 79.9. The van der Waals surface area contributed by atoms with Gasteiger partial charge in [0.15, 0.2) is 0 Å². The van der Waals surface area contributed by atoms with E-state index >= 15 is 0 Å². The van der Waals surface area contributed by atoms with Crippen LogP contribution in [0.25, 0.3) is 11.0 Å². The van der Waals surface area contributed by atoms with Crippen molar-refractivity contribution in [3.05, 3.63) is 80.3 Å².